The standard InChI is InChI=1S/C7H10NO5PS/c1-4(14(12)13)6(9)8-3-15-2-5(8)7(10)11/h4-5H,2-3H2,1H3,(H-,10,11,12,13)/p+1. The molecule has 0 saturated carbocycles. The molecule has 1 aliphatic heterocycles. The van der Waals surface area contributed by atoms with Gasteiger partial charge < -0.3 is 10.0 Å². The largest absolute Gasteiger partial charge is 0.518 e. The molecule has 84 valence electrons. The highest BCUT2D eigenvalue weighted by Crippen LogP contribution is 2.28. The first kappa shape index (κ1) is 12.4. The van der Waals surface area contributed by atoms with E-state index in [9.17, 15) is 14.2 Å². The van der Waals surface area contributed by atoms with Gasteiger partial charge in [-0.3, -0.25) is 4.79 Å². The normalized spacial score (nSPS) is 23.7. The highest BCUT2D eigenvalue weighted by atomic mass is 32.2. The summed E-state index contributed by atoms with van der Waals surface area (Å²) in [7, 11) is -2.60. The van der Waals surface area contributed by atoms with Crippen LogP contribution in [0.5, 0.6) is 0 Å². The van der Waals surface area contributed by atoms with E-state index in [-0.39, 0.29) is 5.88 Å². The molecule has 1 amide bonds. The van der Waals surface area contributed by atoms with Gasteiger partial charge in [-0.25, -0.2) is 4.79 Å². The van der Waals surface area contributed by atoms with Crippen molar-refractivity contribution < 1.29 is 24.2 Å². The Balaban J connectivity index is 2.75. The molecule has 1 fully saturated rings. The lowest BCUT2D eigenvalue weighted by atomic mass is 10.3. The number of rotatable bonds is 3. The van der Waals surface area contributed by atoms with Crippen LogP contribution < -0.4 is 0 Å². The molecule has 3 unspecified atom stereocenters. The highest BCUT2D eigenvalue weighted by Gasteiger charge is 2.42. The Kier molecular flexibility index (Phi) is 4.07. The average molecular weight is 252 g/mol. The number of carbonyl (C=O) groups excluding carboxylic acids is 1. The van der Waals surface area contributed by atoms with Gasteiger partial charge in [0.2, 0.25) is 0 Å². The predicted octanol–water partition coefficient (Wildman–Crippen LogP) is 0.0957. The maximum Gasteiger partial charge on any atom is 0.518 e. The molecule has 0 aromatic heterocycles. The summed E-state index contributed by atoms with van der Waals surface area (Å²) in [6.45, 7) is 1.32. The smallest absolute Gasteiger partial charge is 0.480 e. The molecule has 6 nitrogen and oxygen atoms in total. The van der Waals surface area contributed by atoms with Gasteiger partial charge in [0.1, 0.15) is 6.04 Å². The minimum Gasteiger partial charge on any atom is -0.480 e. The van der Waals surface area contributed by atoms with E-state index in [0.29, 0.717) is 5.75 Å². The lowest BCUT2D eigenvalue weighted by molar-refractivity contribution is -0.147. The Bertz CT molecular complexity index is 310. The van der Waals surface area contributed by atoms with Crippen molar-refractivity contribution in [2.24, 2.45) is 0 Å². The first-order valence-electron chi connectivity index (χ1n) is 4.21. The van der Waals surface area contributed by atoms with E-state index in [4.69, 9.17) is 10.00 Å². The third-order valence-electron chi connectivity index (χ3n) is 2.14. The number of thioether (sulfide) groups is 1. The summed E-state index contributed by atoms with van der Waals surface area (Å²) >= 11 is 1.32. The second-order valence-electron chi connectivity index (χ2n) is 3.14. The van der Waals surface area contributed by atoms with Crippen LogP contribution in [0.15, 0.2) is 0 Å². The maximum absolute atomic E-state index is 11.6. The Morgan fingerprint density at radius 1 is 1.60 bits per heavy atom. The molecule has 2 N–H and O–H groups in total. The Morgan fingerprint density at radius 3 is 2.67 bits per heavy atom. The summed E-state index contributed by atoms with van der Waals surface area (Å²) < 4.78 is 10.7. The fourth-order valence-corrected chi connectivity index (χ4v) is 2.69. The molecule has 8 heteroatoms. The minimum absolute atomic E-state index is 0.267. The van der Waals surface area contributed by atoms with Gasteiger partial charge in [0.15, 0.2) is 0 Å². The van der Waals surface area contributed by atoms with Crippen molar-refractivity contribution in [1.82, 2.24) is 4.90 Å². The summed E-state index contributed by atoms with van der Waals surface area (Å²) in [6.07, 6.45) is 0. The second kappa shape index (κ2) is 4.92. The van der Waals surface area contributed by atoms with Crippen LogP contribution in [0.4, 0.5) is 0 Å². The molecule has 0 aliphatic carbocycles. The molecule has 1 heterocycles. The van der Waals surface area contributed by atoms with Crippen molar-refractivity contribution >= 4 is 31.7 Å². The predicted molar refractivity (Wildman–Crippen MR) is 54.9 cm³/mol. The van der Waals surface area contributed by atoms with E-state index in [2.05, 4.69) is 0 Å². The number of carbonyl (C=O) groups is 2. The quantitative estimate of drug-likeness (QED) is 0.691. The molecule has 1 rings (SSSR count). The fourth-order valence-electron chi connectivity index (χ4n) is 1.20. The van der Waals surface area contributed by atoms with Gasteiger partial charge in [-0.2, -0.15) is 4.89 Å². The summed E-state index contributed by atoms with van der Waals surface area (Å²) in [5, 5.41) is 8.81. The van der Waals surface area contributed by atoms with Crippen LogP contribution in [0.2, 0.25) is 0 Å². The fraction of sp³-hybridized carbons (Fsp3) is 0.714. The van der Waals surface area contributed by atoms with E-state index in [0.717, 1.165) is 4.90 Å². The van der Waals surface area contributed by atoms with E-state index >= 15 is 0 Å². The van der Waals surface area contributed by atoms with Gasteiger partial charge >= 0.3 is 14.0 Å². The van der Waals surface area contributed by atoms with Crippen LogP contribution in [0.25, 0.3) is 0 Å². The Morgan fingerprint density at radius 2 is 2.20 bits per heavy atom. The topological polar surface area (TPSA) is 94.9 Å². The summed E-state index contributed by atoms with van der Waals surface area (Å²) in [5.41, 5.74) is -1.04. The van der Waals surface area contributed by atoms with Crippen molar-refractivity contribution in [3.8, 4) is 0 Å². The van der Waals surface area contributed by atoms with E-state index in [1.165, 1.54) is 18.7 Å². The minimum atomic E-state index is -2.60. The van der Waals surface area contributed by atoms with Crippen LogP contribution >= 0.6 is 19.8 Å². The molecule has 0 radical (unpaired) electrons. The number of carboxylic acids is 1. The van der Waals surface area contributed by atoms with E-state index in [1.54, 1.807) is 0 Å². The van der Waals surface area contributed by atoms with Gasteiger partial charge in [0.05, 0.1) is 5.88 Å². The van der Waals surface area contributed by atoms with Gasteiger partial charge in [0.25, 0.3) is 11.6 Å². The van der Waals surface area contributed by atoms with Gasteiger partial charge in [0, 0.05) is 5.75 Å². The van der Waals surface area contributed by atoms with Crippen molar-refractivity contribution in [1.29, 1.82) is 0 Å². The number of amides is 1. The summed E-state index contributed by atoms with van der Waals surface area (Å²) in [4.78, 5) is 32.3. The maximum atomic E-state index is 11.6. The van der Waals surface area contributed by atoms with E-state index < -0.39 is 31.6 Å². The number of hydrogen-bond acceptors (Lipinski definition) is 4. The lowest BCUT2D eigenvalue weighted by Gasteiger charge is -2.19. The molecule has 0 spiro atoms. The van der Waals surface area contributed by atoms with Crippen LogP contribution in [0.3, 0.4) is 0 Å². The van der Waals surface area contributed by atoms with Crippen molar-refractivity contribution in [2.75, 3.05) is 11.6 Å². The number of hydrogen-bond donors (Lipinski definition) is 2. The first-order valence-corrected chi connectivity index (χ1v) is 6.65. The number of nitrogens with zero attached hydrogens (tertiary/aromatic N) is 1. The summed E-state index contributed by atoms with van der Waals surface area (Å²) in [5.74, 6) is -1.05. The third-order valence-corrected chi connectivity index (χ3v) is 4.03. The van der Waals surface area contributed by atoms with Crippen LogP contribution in [-0.2, 0) is 14.2 Å². The molecule has 0 aromatic carbocycles. The zero-order valence-corrected chi connectivity index (χ0v) is 9.70. The van der Waals surface area contributed by atoms with Gasteiger partial charge in [-0.1, -0.05) is 0 Å². The first-order chi connectivity index (χ1) is 6.95. The molecular weight excluding hydrogens is 241 g/mol. The third kappa shape index (κ3) is 2.68. The molecule has 15 heavy (non-hydrogen) atoms. The zero-order valence-electron chi connectivity index (χ0n) is 7.99. The molecule has 3 atom stereocenters. The number of aliphatic carboxylic acids is 1. The lowest BCUT2D eigenvalue weighted by Crippen LogP contribution is -2.44. The zero-order chi connectivity index (χ0) is 11.6. The van der Waals surface area contributed by atoms with Crippen molar-refractivity contribution in [2.45, 2.75) is 18.6 Å². The van der Waals surface area contributed by atoms with Gasteiger partial charge in [-0.15, -0.1) is 11.8 Å². The molecule has 0 aromatic rings. The average Bonchev–Trinajstić information content (AvgIpc) is 2.63. The van der Waals surface area contributed by atoms with Gasteiger partial charge in [-0.05, 0) is 11.5 Å². The van der Waals surface area contributed by atoms with E-state index in [1.807, 2.05) is 0 Å². The van der Waals surface area contributed by atoms with Crippen LogP contribution in [0.1, 0.15) is 6.92 Å². The Labute approximate surface area is 91.5 Å². The SMILES string of the molecule is CC(C(=O)N1CSCC1C(=O)O)[P+](=O)O. The highest BCUT2D eigenvalue weighted by molar-refractivity contribution is 7.99. The Hall–Kier alpha value is -0.650. The van der Waals surface area contributed by atoms with Crippen LogP contribution in [-0.4, -0.2) is 50.1 Å². The number of carboxylic acid groups (broad SMARTS) is 1. The van der Waals surface area contributed by atoms with Crippen molar-refractivity contribution in [3.05, 3.63) is 0 Å². The molecule has 0 bridgehead atoms. The molecule has 1 aliphatic rings. The molecule has 1 saturated heterocycles. The summed E-state index contributed by atoms with van der Waals surface area (Å²) in [6, 6.07) is -0.875. The monoisotopic (exact) mass is 252 g/mol. The van der Waals surface area contributed by atoms with Crippen molar-refractivity contribution in [3.63, 3.8) is 0 Å². The second-order valence-corrected chi connectivity index (χ2v) is 5.52. The molecular formula is C7H11NO5PS+. The van der Waals surface area contributed by atoms with Crippen LogP contribution in [0, 0.1) is 0 Å².